The summed E-state index contributed by atoms with van der Waals surface area (Å²) >= 11 is 9.11. The first kappa shape index (κ1) is 10.4. The molecule has 1 aromatic heterocycles. The molecule has 0 atom stereocenters. The minimum absolute atomic E-state index is 0.409. The van der Waals surface area contributed by atoms with Crippen LogP contribution in [0.15, 0.2) is 41.0 Å². The van der Waals surface area contributed by atoms with Crippen LogP contribution < -0.4 is 4.74 Å². The summed E-state index contributed by atoms with van der Waals surface area (Å²) in [5, 5.41) is 8.18. The average Bonchev–Trinajstić information content (AvgIpc) is 2.25. The first-order valence-electron chi connectivity index (χ1n) is 4.17. The van der Waals surface area contributed by atoms with Gasteiger partial charge in [0.1, 0.15) is 10.4 Å². The largest absolute Gasteiger partial charge is 0.436 e. The zero-order chi connectivity index (χ0) is 10.7. The predicted molar refractivity (Wildman–Crippen MR) is 61.3 cm³/mol. The Morgan fingerprint density at radius 2 is 1.87 bits per heavy atom. The van der Waals surface area contributed by atoms with Crippen molar-refractivity contribution in [3.05, 3.63) is 46.0 Å². The van der Waals surface area contributed by atoms with Crippen molar-refractivity contribution in [1.82, 2.24) is 10.2 Å². The summed E-state index contributed by atoms with van der Waals surface area (Å²) in [4.78, 5) is 0. The number of ether oxygens (including phenoxy) is 1. The number of hydrogen-bond acceptors (Lipinski definition) is 3. The molecular formula is C10H6BrClN2O. The fourth-order valence-electron chi connectivity index (χ4n) is 0.998. The lowest BCUT2D eigenvalue weighted by Crippen LogP contribution is -1.90. The second-order valence-corrected chi connectivity index (χ2v) is 3.95. The van der Waals surface area contributed by atoms with Gasteiger partial charge in [0.05, 0.1) is 5.02 Å². The zero-order valence-corrected chi connectivity index (χ0v) is 9.86. The van der Waals surface area contributed by atoms with E-state index < -0.39 is 0 Å². The number of nitrogens with zero attached hydrogens (tertiary/aromatic N) is 2. The number of benzene rings is 1. The van der Waals surface area contributed by atoms with Gasteiger partial charge in [-0.05, 0) is 34.1 Å². The Kier molecular flexibility index (Phi) is 3.18. The van der Waals surface area contributed by atoms with Gasteiger partial charge >= 0.3 is 0 Å². The third-order valence-corrected chi connectivity index (χ3v) is 2.39. The van der Waals surface area contributed by atoms with Crippen LogP contribution in [0, 0.1) is 0 Å². The molecule has 0 spiro atoms. The molecule has 1 heterocycles. The molecule has 0 fully saturated rings. The highest BCUT2D eigenvalue weighted by atomic mass is 79.9. The molecule has 0 aliphatic carbocycles. The lowest BCUT2D eigenvalue weighted by Gasteiger charge is -2.04. The van der Waals surface area contributed by atoms with Gasteiger partial charge in [0.2, 0.25) is 5.88 Å². The molecule has 0 aliphatic rings. The Morgan fingerprint density at radius 1 is 1.07 bits per heavy atom. The van der Waals surface area contributed by atoms with Crippen molar-refractivity contribution >= 4 is 27.5 Å². The topological polar surface area (TPSA) is 35.0 Å². The molecule has 2 rings (SSSR count). The first-order valence-corrected chi connectivity index (χ1v) is 5.34. The molecule has 15 heavy (non-hydrogen) atoms. The maximum absolute atomic E-state index is 5.92. The van der Waals surface area contributed by atoms with Gasteiger partial charge in [0.15, 0.2) is 0 Å². The summed E-state index contributed by atoms with van der Waals surface area (Å²) in [6, 6.07) is 10.7. The van der Waals surface area contributed by atoms with E-state index in [0.717, 1.165) is 0 Å². The summed E-state index contributed by atoms with van der Waals surface area (Å²) in [7, 11) is 0. The highest BCUT2D eigenvalue weighted by Gasteiger charge is 2.02. The summed E-state index contributed by atoms with van der Waals surface area (Å²) in [6.07, 6.45) is 0. The molecule has 0 radical (unpaired) electrons. The van der Waals surface area contributed by atoms with Crippen LogP contribution in [0.5, 0.6) is 11.6 Å². The van der Waals surface area contributed by atoms with Gasteiger partial charge < -0.3 is 4.74 Å². The molecule has 1 aromatic carbocycles. The number of hydrogen-bond donors (Lipinski definition) is 0. The van der Waals surface area contributed by atoms with E-state index in [4.69, 9.17) is 16.3 Å². The van der Waals surface area contributed by atoms with Crippen LogP contribution in [0.4, 0.5) is 0 Å². The second kappa shape index (κ2) is 4.59. The van der Waals surface area contributed by atoms with Crippen molar-refractivity contribution in [2.45, 2.75) is 0 Å². The maximum Gasteiger partial charge on any atom is 0.238 e. The SMILES string of the molecule is Clc1ccccc1Oc1ccc(Br)nn1. The van der Waals surface area contributed by atoms with Gasteiger partial charge in [0, 0.05) is 6.07 Å². The standard InChI is InChI=1S/C10H6BrClN2O/c11-9-5-6-10(14-13-9)15-8-4-2-1-3-7(8)12/h1-6H. The minimum atomic E-state index is 0.409. The Labute approximate surface area is 100 Å². The molecule has 0 aliphatic heterocycles. The predicted octanol–water partition coefficient (Wildman–Crippen LogP) is 3.68. The Bertz CT molecular complexity index is 461. The number of rotatable bonds is 2. The lowest BCUT2D eigenvalue weighted by atomic mass is 10.3. The number of para-hydroxylation sites is 1. The summed E-state index contributed by atoms with van der Waals surface area (Å²) < 4.78 is 6.10. The number of halogens is 2. The van der Waals surface area contributed by atoms with E-state index in [9.17, 15) is 0 Å². The molecular weight excluding hydrogens is 279 g/mol. The molecule has 0 N–H and O–H groups in total. The summed E-state index contributed by atoms with van der Waals surface area (Å²) in [5.41, 5.74) is 0. The van der Waals surface area contributed by atoms with Gasteiger partial charge in [-0.1, -0.05) is 23.7 Å². The minimum Gasteiger partial charge on any atom is -0.436 e. The molecule has 5 heteroatoms. The second-order valence-electron chi connectivity index (χ2n) is 2.73. The van der Waals surface area contributed by atoms with E-state index in [0.29, 0.717) is 21.3 Å². The zero-order valence-electron chi connectivity index (χ0n) is 7.52. The summed E-state index contributed by atoms with van der Waals surface area (Å²) in [6.45, 7) is 0. The van der Waals surface area contributed by atoms with Crippen molar-refractivity contribution in [1.29, 1.82) is 0 Å². The van der Waals surface area contributed by atoms with E-state index >= 15 is 0 Å². The van der Waals surface area contributed by atoms with Crippen LogP contribution in [0.2, 0.25) is 5.02 Å². The van der Waals surface area contributed by atoms with Crippen LogP contribution in [-0.4, -0.2) is 10.2 Å². The Morgan fingerprint density at radius 3 is 2.53 bits per heavy atom. The van der Waals surface area contributed by atoms with E-state index in [-0.39, 0.29) is 0 Å². The van der Waals surface area contributed by atoms with Crippen LogP contribution in [0.3, 0.4) is 0 Å². The normalized spacial score (nSPS) is 10.0. The van der Waals surface area contributed by atoms with E-state index in [1.54, 1.807) is 24.3 Å². The van der Waals surface area contributed by atoms with E-state index in [1.165, 1.54) is 0 Å². The van der Waals surface area contributed by atoms with E-state index in [1.807, 2.05) is 12.1 Å². The van der Waals surface area contributed by atoms with Crippen molar-refractivity contribution in [3.63, 3.8) is 0 Å². The molecule has 0 bridgehead atoms. The lowest BCUT2D eigenvalue weighted by molar-refractivity contribution is 0.455. The van der Waals surface area contributed by atoms with Crippen molar-refractivity contribution in [3.8, 4) is 11.6 Å². The van der Waals surface area contributed by atoms with E-state index in [2.05, 4.69) is 26.1 Å². The van der Waals surface area contributed by atoms with Crippen LogP contribution >= 0.6 is 27.5 Å². The van der Waals surface area contributed by atoms with Crippen molar-refractivity contribution in [2.24, 2.45) is 0 Å². The molecule has 2 aromatic rings. The van der Waals surface area contributed by atoms with Crippen LogP contribution in [0.1, 0.15) is 0 Å². The van der Waals surface area contributed by atoms with Gasteiger partial charge in [0.25, 0.3) is 0 Å². The van der Waals surface area contributed by atoms with Gasteiger partial charge in [-0.2, -0.15) is 0 Å². The Balaban J connectivity index is 2.22. The smallest absolute Gasteiger partial charge is 0.238 e. The fourth-order valence-corrected chi connectivity index (χ4v) is 1.38. The molecule has 3 nitrogen and oxygen atoms in total. The van der Waals surface area contributed by atoms with Gasteiger partial charge in [-0.3, -0.25) is 0 Å². The average molecular weight is 286 g/mol. The molecule has 76 valence electrons. The highest BCUT2D eigenvalue weighted by molar-refractivity contribution is 9.10. The van der Waals surface area contributed by atoms with Gasteiger partial charge in [-0.25, -0.2) is 0 Å². The third-order valence-electron chi connectivity index (χ3n) is 1.66. The molecule has 0 amide bonds. The maximum atomic E-state index is 5.92. The van der Waals surface area contributed by atoms with Gasteiger partial charge in [-0.15, -0.1) is 10.2 Å². The van der Waals surface area contributed by atoms with Crippen molar-refractivity contribution in [2.75, 3.05) is 0 Å². The quantitative estimate of drug-likeness (QED) is 0.844. The molecule has 0 saturated heterocycles. The van der Waals surface area contributed by atoms with Crippen LogP contribution in [-0.2, 0) is 0 Å². The Hall–Kier alpha value is -1.13. The highest BCUT2D eigenvalue weighted by Crippen LogP contribution is 2.27. The van der Waals surface area contributed by atoms with Crippen molar-refractivity contribution < 1.29 is 4.74 Å². The first-order chi connectivity index (χ1) is 7.25. The monoisotopic (exact) mass is 284 g/mol. The molecule has 0 unspecified atom stereocenters. The molecule has 0 saturated carbocycles. The third kappa shape index (κ3) is 2.67. The van der Waals surface area contributed by atoms with Crippen LogP contribution in [0.25, 0.3) is 0 Å². The summed E-state index contributed by atoms with van der Waals surface area (Å²) in [5.74, 6) is 0.974. The fraction of sp³-hybridized carbons (Fsp3) is 0. The number of aromatic nitrogens is 2.